The molecule has 22 heavy (non-hydrogen) atoms. The van der Waals surface area contributed by atoms with Crippen molar-refractivity contribution >= 4 is 38.6 Å². The number of ether oxygens (including phenoxy) is 2. The Morgan fingerprint density at radius 1 is 1.27 bits per heavy atom. The number of sulfone groups is 1. The summed E-state index contributed by atoms with van der Waals surface area (Å²) in [7, 11) is -0.607. The van der Waals surface area contributed by atoms with Gasteiger partial charge in [-0.25, -0.2) is 8.42 Å². The first kappa shape index (κ1) is 18.2. The van der Waals surface area contributed by atoms with E-state index in [1.807, 2.05) is 0 Å². The van der Waals surface area contributed by atoms with Crippen LogP contribution in [0.25, 0.3) is 0 Å². The van der Waals surface area contributed by atoms with E-state index < -0.39 is 21.5 Å². The van der Waals surface area contributed by atoms with E-state index in [0.29, 0.717) is 17.2 Å². The third kappa shape index (κ3) is 5.86. The number of hydrogen-bond donors (Lipinski definition) is 2. The molecule has 0 saturated carbocycles. The zero-order valence-corrected chi connectivity index (χ0v) is 13.9. The molecule has 0 heterocycles. The first-order valence-electron chi connectivity index (χ1n) is 6.28. The maximum absolute atomic E-state index is 11.8. The average molecular weight is 346 g/mol. The van der Waals surface area contributed by atoms with Gasteiger partial charge in [0.15, 0.2) is 21.3 Å². The molecule has 0 radical (unpaired) electrons. The molecule has 0 saturated heterocycles. The summed E-state index contributed by atoms with van der Waals surface area (Å²) in [5.74, 6) is -0.595. The van der Waals surface area contributed by atoms with E-state index in [2.05, 4.69) is 17.5 Å². The van der Waals surface area contributed by atoms with Crippen LogP contribution in [0.15, 0.2) is 18.2 Å². The molecule has 122 valence electrons. The first-order chi connectivity index (χ1) is 10.3. The lowest BCUT2D eigenvalue weighted by molar-refractivity contribution is -0.113. The van der Waals surface area contributed by atoms with Gasteiger partial charge in [0.2, 0.25) is 5.91 Å². The highest BCUT2D eigenvalue weighted by Crippen LogP contribution is 2.29. The van der Waals surface area contributed by atoms with Crippen LogP contribution in [0.3, 0.4) is 0 Å². The third-order valence-electron chi connectivity index (χ3n) is 2.68. The number of carbonyl (C=O) groups excluding carboxylic acids is 1. The number of anilines is 1. The molecule has 0 aliphatic heterocycles. The van der Waals surface area contributed by atoms with Crippen molar-refractivity contribution in [3.63, 3.8) is 0 Å². The Morgan fingerprint density at radius 2 is 1.91 bits per heavy atom. The van der Waals surface area contributed by atoms with Crippen LogP contribution < -0.4 is 20.5 Å². The highest BCUT2D eigenvalue weighted by atomic mass is 32.2. The Balaban J connectivity index is 2.71. The van der Waals surface area contributed by atoms with Gasteiger partial charge >= 0.3 is 0 Å². The number of rotatable bonds is 8. The lowest BCUT2D eigenvalue weighted by atomic mass is 10.2. The number of hydrogen-bond acceptors (Lipinski definition) is 6. The van der Waals surface area contributed by atoms with E-state index in [1.165, 1.54) is 14.2 Å². The molecule has 0 aromatic heterocycles. The fourth-order valence-corrected chi connectivity index (χ4v) is 3.02. The molecule has 7 nitrogen and oxygen atoms in total. The Kier molecular flexibility index (Phi) is 6.57. The molecule has 0 atom stereocenters. The fraction of sp³-hybridized carbons (Fsp3) is 0.385. The van der Waals surface area contributed by atoms with Gasteiger partial charge in [0, 0.05) is 18.2 Å². The number of nitrogens with two attached hydrogens (primary N) is 1. The Morgan fingerprint density at radius 3 is 2.45 bits per heavy atom. The van der Waals surface area contributed by atoms with Gasteiger partial charge in [-0.2, -0.15) is 0 Å². The summed E-state index contributed by atoms with van der Waals surface area (Å²) in [6.45, 7) is 0. The van der Waals surface area contributed by atoms with E-state index in [4.69, 9.17) is 15.2 Å². The molecule has 0 bridgehead atoms. The van der Waals surface area contributed by atoms with Gasteiger partial charge in [0.25, 0.3) is 0 Å². The van der Waals surface area contributed by atoms with Crippen molar-refractivity contribution in [3.05, 3.63) is 18.2 Å². The second-order valence-corrected chi connectivity index (χ2v) is 7.13. The maximum Gasteiger partial charge on any atom is 0.239 e. The number of methoxy groups -OCH3 is 2. The number of thiocarbonyl (C=S) groups is 1. The molecule has 0 aliphatic carbocycles. The van der Waals surface area contributed by atoms with Crippen molar-refractivity contribution in [3.8, 4) is 11.5 Å². The molecule has 3 N–H and O–H groups in total. The van der Waals surface area contributed by atoms with Crippen LogP contribution in [0.4, 0.5) is 5.69 Å². The van der Waals surface area contributed by atoms with Crippen LogP contribution >= 0.6 is 12.2 Å². The highest BCUT2D eigenvalue weighted by molar-refractivity contribution is 7.92. The van der Waals surface area contributed by atoms with Crippen LogP contribution in [0.2, 0.25) is 0 Å². The van der Waals surface area contributed by atoms with E-state index in [1.54, 1.807) is 18.2 Å². The van der Waals surface area contributed by atoms with Crippen LogP contribution in [0.5, 0.6) is 11.5 Å². The summed E-state index contributed by atoms with van der Waals surface area (Å²) >= 11 is 4.62. The average Bonchev–Trinajstić information content (AvgIpc) is 2.44. The topological polar surface area (TPSA) is 108 Å². The fourth-order valence-electron chi connectivity index (χ4n) is 1.64. The monoisotopic (exact) mass is 346 g/mol. The Labute approximate surface area is 134 Å². The van der Waals surface area contributed by atoms with E-state index in [0.717, 1.165) is 0 Å². The molecule has 9 heteroatoms. The predicted octanol–water partition coefficient (Wildman–Crippen LogP) is 0.733. The summed E-state index contributed by atoms with van der Waals surface area (Å²) in [5, 5.41) is 2.49. The van der Waals surface area contributed by atoms with Crippen molar-refractivity contribution in [2.45, 2.75) is 6.42 Å². The van der Waals surface area contributed by atoms with E-state index in [-0.39, 0.29) is 17.2 Å². The van der Waals surface area contributed by atoms with Crippen LogP contribution in [0, 0.1) is 0 Å². The lowest BCUT2D eigenvalue weighted by Crippen LogP contribution is -2.26. The largest absolute Gasteiger partial charge is 0.493 e. The van der Waals surface area contributed by atoms with Crippen LogP contribution in [-0.4, -0.2) is 45.0 Å². The second kappa shape index (κ2) is 7.95. The molecule has 1 aromatic rings. The van der Waals surface area contributed by atoms with Gasteiger partial charge in [-0.3, -0.25) is 4.79 Å². The zero-order valence-electron chi connectivity index (χ0n) is 12.3. The van der Waals surface area contributed by atoms with E-state index in [9.17, 15) is 13.2 Å². The smallest absolute Gasteiger partial charge is 0.239 e. The van der Waals surface area contributed by atoms with Crippen molar-refractivity contribution in [1.82, 2.24) is 0 Å². The van der Waals surface area contributed by atoms with Crippen molar-refractivity contribution in [1.29, 1.82) is 0 Å². The first-order valence-corrected chi connectivity index (χ1v) is 8.51. The van der Waals surface area contributed by atoms with E-state index >= 15 is 0 Å². The number of carbonyl (C=O) groups is 1. The second-order valence-electron chi connectivity index (χ2n) is 4.43. The minimum absolute atomic E-state index is 0.0569. The SMILES string of the molecule is COc1ccc(NC(=O)CS(=O)(=O)CCC(N)=S)cc1OC. The molecule has 0 spiro atoms. The molecule has 0 aliphatic rings. The minimum atomic E-state index is -3.56. The zero-order chi connectivity index (χ0) is 16.8. The Hall–Kier alpha value is -1.87. The molecule has 1 aromatic carbocycles. The number of nitrogens with one attached hydrogen (secondary N) is 1. The molecule has 0 fully saturated rings. The van der Waals surface area contributed by atoms with Crippen LogP contribution in [0.1, 0.15) is 6.42 Å². The molecule has 1 amide bonds. The number of amides is 1. The summed E-state index contributed by atoms with van der Waals surface area (Å²) in [6, 6.07) is 4.73. The van der Waals surface area contributed by atoms with Crippen molar-refractivity contribution in [2.24, 2.45) is 5.73 Å². The Bertz CT molecular complexity index is 658. The van der Waals surface area contributed by atoms with Crippen LogP contribution in [-0.2, 0) is 14.6 Å². The van der Waals surface area contributed by atoms with Gasteiger partial charge in [-0.15, -0.1) is 0 Å². The quantitative estimate of drug-likeness (QED) is 0.668. The third-order valence-corrected chi connectivity index (χ3v) is 4.41. The van der Waals surface area contributed by atoms with Gasteiger partial charge < -0.3 is 20.5 Å². The molecular weight excluding hydrogens is 328 g/mol. The van der Waals surface area contributed by atoms with Gasteiger partial charge in [-0.05, 0) is 12.1 Å². The van der Waals surface area contributed by atoms with Gasteiger partial charge in [0.05, 0.1) is 25.0 Å². The molecule has 0 unspecified atom stereocenters. The van der Waals surface area contributed by atoms with Gasteiger partial charge in [0.1, 0.15) is 5.75 Å². The van der Waals surface area contributed by atoms with Gasteiger partial charge in [-0.1, -0.05) is 12.2 Å². The molecular formula is C13H18N2O5S2. The summed E-state index contributed by atoms with van der Waals surface area (Å²) in [5.41, 5.74) is 5.66. The molecule has 1 rings (SSSR count). The van der Waals surface area contributed by atoms with Crippen molar-refractivity contribution in [2.75, 3.05) is 31.0 Å². The lowest BCUT2D eigenvalue weighted by Gasteiger charge is -2.10. The predicted molar refractivity (Wildman–Crippen MR) is 88.2 cm³/mol. The highest BCUT2D eigenvalue weighted by Gasteiger charge is 2.17. The summed E-state index contributed by atoms with van der Waals surface area (Å²) in [4.78, 5) is 11.9. The standard InChI is InChI=1S/C13H18N2O5S2/c1-19-10-4-3-9(7-11(10)20-2)15-13(16)8-22(17,18)6-5-12(14)21/h3-4,7H,5-6,8H2,1-2H3,(H2,14,21)(H,15,16). The normalized spacial score (nSPS) is 10.8. The summed E-state index contributed by atoms with van der Waals surface area (Å²) < 4.78 is 33.7. The maximum atomic E-state index is 11.8. The summed E-state index contributed by atoms with van der Waals surface area (Å²) in [6.07, 6.45) is 0.0569. The minimum Gasteiger partial charge on any atom is -0.493 e. The van der Waals surface area contributed by atoms with Crippen molar-refractivity contribution < 1.29 is 22.7 Å². The number of benzene rings is 1.